The summed E-state index contributed by atoms with van der Waals surface area (Å²) in [5, 5.41) is 9.58. The van der Waals surface area contributed by atoms with Crippen LogP contribution in [0.25, 0.3) is 22.3 Å². The number of rotatable bonds is 17. The van der Waals surface area contributed by atoms with Gasteiger partial charge in [-0.1, -0.05) is 104 Å². The molecule has 9 heteroatoms. The van der Waals surface area contributed by atoms with Crippen molar-refractivity contribution >= 4 is 0 Å². The van der Waals surface area contributed by atoms with Gasteiger partial charge in [0, 0.05) is 30.7 Å². The van der Waals surface area contributed by atoms with E-state index < -0.39 is 29.9 Å². The number of alkyl halides is 6. The zero-order chi connectivity index (χ0) is 34.9. The molecule has 3 N–H and O–H groups in total. The number of hydrogen-bond donors (Lipinski definition) is 3. The molecule has 5 rings (SSSR count). The highest BCUT2D eigenvalue weighted by atomic mass is 19.4. The second-order valence-electron chi connectivity index (χ2n) is 12.7. The first kappa shape index (κ1) is 36.2. The summed E-state index contributed by atoms with van der Waals surface area (Å²) in [6, 6.07) is 29.1. The minimum absolute atomic E-state index is 0.226. The van der Waals surface area contributed by atoms with E-state index in [9.17, 15) is 26.3 Å². The number of nitrogens with one attached hydrogen (secondary N) is 3. The van der Waals surface area contributed by atoms with Gasteiger partial charge in [-0.2, -0.15) is 26.3 Å². The van der Waals surface area contributed by atoms with Crippen molar-refractivity contribution in [2.24, 2.45) is 0 Å². The number of allylic oxidation sites excluding steroid dienone is 1. The molecule has 0 amide bonds. The molecule has 4 aromatic carbocycles. The van der Waals surface area contributed by atoms with Crippen LogP contribution in [0, 0.1) is 0 Å². The van der Waals surface area contributed by atoms with Crippen LogP contribution in [0.1, 0.15) is 60.8 Å². The lowest BCUT2D eigenvalue weighted by molar-refractivity contribution is -0.137. The molecule has 0 bridgehead atoms. The van der Waals surface area contributed by atoms with Crippen molar-refractivity contribution in [1.82, 2.24) is 16.0 Å². The van der Waals surface area contributed by atoms with Crippen molar-refractivity contribution in [3.63, 3.8) is 0 Å². The Balaban J connectivity index is 1.04. The van der Waals surface area contributed by atoms with Crippen LogP contribution in [0.4, 0.5) is 26.3 Å². The summed E-state index contributed by atoms with van der Waals surface area (Å²) in [6.07, 6.45) is -3.47. The molecule has 0 spiro atoms. The second-order valence-corrected chi connectivity index (χ2v) is 12.7. The van der Waals surface area contributed by atoms with Gasteiger partial charge in [0.15, 0.2) is 0 Å². The Kier molecular flexibility index (Phi) is 11.9. The quantitative estimate of drug-likeness (QED) is 0.0768. The lowest BCUT2D eigenvalue weighted by Gasteiger charge is -2.33. The third-order valence-corrected chi connectivity index (χ3v) is 9.27. The fourth-order valence-electron chi connectivity index (χ4n) is 6.91. The van der Waals surface area contributed by atoms with E-state index >= 15 is 0 Å². The topological polar surface area (TPSA) is 36.1 Å². The predicted molar refractivity (Wildman–Crippen MR) is 185 cm³/mol. The summed E-state index contributed by atoms with van der Waals surface area (Å²) < 4.78 is 78.2. The van der Waals surface area contributed by atoms with Gasteiger partial charge < -0.3 is 16.0 Å². The average molecular weight is 680 g/mol. The van der Waals surface area contributed by atoms with Crippen molar-refractivity contribution < 1.29 is 26.3 Å². The first-order valence-electron chi connectivity index (χ1n) is 16.8. The number of halogens is 6. The fourth-order valence-corrected chi connectivity index (χ4v) is 6.91. The molecule has 0 atom stereocenters. The van der Waals surface area contributed by atoms with E-state index in [0.717, 1.165) is 108 Å². The third-order valence-electron chi connectivity index (χ3n) is 9.27. The number of fused-ring (bicyclic) bond motifs is 3. The van der Waals surface area contributed by atoms with Gasteiger partial charge in [0.2, 0.25) is 0 Å². The molecule has 0 saturated carbocycles. The molecular weight excluding hydrogens is 636 g/mol. The molecule has 0 heterocycles. The van der Waals surface area contributed by atoms with Crippen LogP contribution >= 0.6 is 0 Å². The standard InChI is InChI=1S/C40H43F6N3/c1-29(12-11-24-47-26-31-13-3-4-14-33(31)30-19-21-32(22-20-30)40(44,45)46)49-25-10-2-9-23-38(27-48-28-39(41,42)43)36-17-7-5-15-34(36)35-16-6-8-18-37(35)38/h3-8,13-22,47-49H,1-2,9-12,23-28H2. The zero-order valence-corrected chi connectivity index (χ0v) is 27.5. The Labute approximate surface area is 284 Å². The zero-order valence-electron chi connectivity index (χ0n) is 27.5. The van der Waals surface area contributed by atoms with Crippen LogP contribution in [0.15, 0.2) is 109 Å². The Hall–Kier alpha value is -4.08. The smallest absolute Gasteiger partial charge is 0.389 e. The minimum atomic E-state index is -4.36. The van der Waals surface area contributed by atoms with Crippen LogP contribution < -0.4 is 16.0 Å². The molecule has 260 valence electrons. The van der Waals surface area contributed by atoms with Gasteiger partial charge in [-0.05, 0) is 83.3 Å². The molecule has 0 aliphatic heterocycles. The SMILES string of the molecule is C=C(CCCNCc1ccccc1-c1ccc(C(F)(F)F)cc1)NCCCCCC1(CNCC(F)(F)F)c2ccccc2-c2ccccc21. The van der Waals surface area contributed by atoms with E-state index in [1.54, 1.807) is 0 Å². The molecule has 3 nitrogen and oxygen atoms in total. The van der Waals surface area contributed by atoms with Gasteiger partial charge in [0.1, 0.15) is 0 Å². The van der Waals surface area contributed by atoms with E-state index in [0.29, 0.717) is 6.54 Å². The predicted octanol–water partition coefficient (Wildman–Crippen LogP) is 10.0. The largest absolute Gasteiger partial charge is 0.416 e. The minimum Gasteiger partial charge on any atom is -0.389 e. The fraction of sp³-hybridized carbons (Fsp3) is 0.350. The van der Waals surface area contributed by atoms with Crippen molar-refractivity contribution in [2.45, 2.75) is 62.8 Å². The normalized spacial score (nSPS) is 13.6. The van der Waals surface area contributed by atoms with Gasteiger partial charge in [-0.25, -0.2) is 0 Å². The second kappa shape index (κ2) is 16.1. The first-order valence-corrected chi connectivity index (χ1v) is 16.8. The van der Waals surface area contributed by atoms with Crippen LogP contribution in [0.5, 0.6) is 0 Å². The van der Waals surface area contributed by atoms with Gasteiger partial charge in [0.05, 0.1) is 12.1 Å². The van der Waals surface area contributed by atoms with Crippen molar-refractivity contribution in [2.75, 3.05) is 26.2 Å². The monoisotopic (exact) mass is 679 g/mol. The van der Waals surface area contributed by atoms with E-state index in [4.69, 9.17) is 0 Å². The third kappa shape index (κ3) is 9.34. The molecule has 1 aliphatic rings. The van der Waals surface area contributed by atoms with Crippen molar-refractivity contribution in [3.05, 3.63) is 132 Å². The molecule has 0 saturated heterocycles. The molecule has 0 fully saturated rings. The molecule has 4 aromatic rings. The summed E-state index contributed by atoms with van der Waals surface area (Å²) >= 11 is 0. The number of unbranched alkanes of at least 4 members (excludes halogenated alkanes) is 2. The van der Waals surface area contributed by atoms with E-state index in [2.05, 4.69) is 46.8 Å². The van der Waals surface area contributed by atoms with Gasteiger partial charge in [-0.3, -0.25) is 0 Å². The van der Waals surface area contributed by atoms with Gasteiger partial charge in [-0.15, -0.1) is 0 Å². The maximum absolute atomic E-state index is 13.1. The highest BCUT2D eigenvalue weighted by molar-refractivity contribution is 5.81. The van der Waals surface area contributed by atoms with Crippen molar-refractivity contribution in [1.29, 1.82) is 0 Å². The first-order chi connectivity index (χ1) is 23.5. The van der Waals surface area contributed by atoms with Gasteiger partial charge >= 0.3 is 12.4 Å². The maximum Gasteiger partial charge on any atom is 0.416 e. The van der Waals surface area contributed by atoms with Gasteiger partial charge in [0.25, 0.3) is 0 Å². The summed E-state index contributed by atoms with van der Waals surface area (Å²) in [5.74, 6) is 0. The summed E-state index contributed by atoms with van der Waals surface area (Å²) in [5.41, 5.74) is 6.83. The molecule has 49 heavy (non-hydrogen) atoms. The molecular formula is C40H43F6N3. The molecule has 0 unspecified atom stereocenters. The van der Waals surface area contributed by atoms with Crippen LogP contribution in [-0.4, -0.2) is 32.4 Å². The Morgan fingerprint density at radius 2 is 1.24 bits per heavy atom. The molecule has 0 radical (unpaired) electrons. The Morgan fingerprint density at radius 3 is 1.88 bits per heavy atom. The highest BCUT2D eigenvalue weighted by Gasteiger charge is 2.43. The maximum atomic E-state index is 13.1. The van der Waals surface area contributed by atoms with Crippen LogP contribution in [0.3, 0.4) is 0 Å². The van der Waals surface area contributed by atoms with Crippen LogP contribution in [-0.2, 0) is 18.1 Å². The summed E-state index contributed by atoms with van der Waals surface area (Å²) in [7, 11) is 0. The molecule has 0 aromatic heterocycles. The van der Waals surface area contributed by atoms with Crippen molar-refractivity contribution in [3.8, 4) is 22.3 Å². The van der Waals surface area contributed by atoms with E-state index in [-0.39, 0.29) is 6.54 Å². The molecule has 1 aliphatic carbocycles. The Morgan fingerprint density at radius 1 is 0.633 bits per heavy atom. The lowest BCUT2D eigenvalue weighted by atomic mass is 9.74. The number of benzene rings is 4. The number of hydrogen-bond acceptors (Lipinski definition) is 3. The summed E-state index contributed by atoms with van der Waals surface area (Å²) in [6.45, 7) is 5.51. The van der Waals surface area contributed by atoms with E-state index in [1.165, 1.54) is 12.1 Å². The summed E-state index contributed by atoms with van der Waals surface area (Å²) in [4.78, 5) is 0. The van der Waals surface area contributed by atoms with E-state index in [1.807, 2.05) is 48.5 Å². The van der Waals surface area contributed by atoms with Crippen LogP contribution in [0.2, 0.25) is 0 Å². The average Bonchev–Trinajstić information content (AvgIpc) is 3.35. The lowest BCUT2D eigenvalue weighted by Crippen LogP contribution is -2.41. The highest BCUT2D eigenvalue weighted by Crippen LogP contribution is 2.51. The Bertz CT molecular complexity index is 1630.